The minimum absolute atomic E-state index is 0.802. The Balaban J connectivity index is 1.82. The largest absolute Gasteiger partial charge is 0.496 e. The van der Waals surface area contributed by atoms with Crippen LogP contribution in [-0.4, -0.2) is 24.7 Å². The Bertz CT molecular complexity index is 1170. The van der Waals surface area contributed by atoms with E-state index in [9.17, 15) is 0 Å². The molecule has 0 aliphatic carbocycles. The Morgan fingerprint density at radius 3 is 1.53 bits per heavy atom. The van der Waals surface area contributed by atoms with Crippen LogP contribution >= 0.6 is 7.26 Å². The molecule has 0 fully saturated rings. The number of methoxy groups -OCH3 is 1. The normalized spacial score (nSPS) is 12.4. The van der Waals surface area contributed by atoms with Crippen LogP contribution in [0.15, 0.2) is 125 Å². The molecule has 34 heavy (non-hydrogen) atoms. The van der Waals surface area contributed by atoms with Crippen LogP contribution in [0.1, 0.15) is 19.4 Å². The van der Waals surface area contributed by atoms with Gasteiger partial charge in [-0.1, -0.05) is 66.7 Å². The average Bonchev–Trinajstić information content (AvgIpc) is 2.92. The zero-order valence-corrected chi connectivity index (χ0v) is 20.8. The third-order valence-electron chi connectivity index (χ3n) is 5.92. The van der Waals surface area contributed by atoms with Crippen LogP contribution < -0.4 is 20.7 Å². The molecule has 0 unspecified atom stereocenters. The highest BCUT2D eigenvalue weighted by atomic mass is 31.2. The van der Waals surface area contributed by atoms with E-state index in [1.807, 2.05) is 31.2 Å². The molecule has 0 amide bonds. The fourth-order valence-corrected chi connectivity index (χ4v) is 8.54. The fourth-order valence-electron chi connectivity index (χ4n) is 4.30. The molecule has 0 aliphatic rings. The van der Waals surface area contributed by atoms with Crippen LogP contribution in [-0.2, 0) is 0 Å². The second-order valence-corrected chi connectivity index (χ2v) is 11.7. The molecule has 0 saturated carbocycles. The van der Waals surface area contributed by atoms with Gasteiger partial charge in [-0.3, -0.25) is 0 Å². The molecule has 0 spiro atoms. The van der Waals surface area contributed by atoms with Crippen molar-refractivity contribution >= 4 is 34.6 Å². The van der Waals surface area contributed by atoms with Crippen molar-refractivity contribution in [2.24, 2.45) is 10.2 Å². The zero-order chi connectivity index (χ0) is 23.8. The van der Waals surface area contributed by atoms with Crippen LogP contribution in [0.2, 0.25) is 0 Å². The molecular weight excluding hydrogens is 435 g/mol. The predicted octanol–water partition coefficient (Wildman–Crippen LogP) is 5.87. The molecule has 0 atom stereocenters. The quantitative estimate of drug-likeness (QED) is 0.182. The van der Waals surface area contributed by atoms with Crippen molar-refractivity contribution in [3.05, 3.63) is 121 Å². The summed E-state index contributed by atoms with van der Waals surface area (Å²) in [5.74, 6) is 0.802. The first-order valence-electron chi connectivity index (χ1n) is 11.4. The third-order valence-corrected chi connectivity index (χ3v) is 10.4. The number of nitrogens with zero attached hydrogens (tertiary/aromatic N) is 2. The predicted molar refractivity (Wildman–Crippen MR) is 148 cm³/mol. The Morgan fingerprint density at radius 2 is 1.06 bits per heavy atom. The van der Waals surface area contributed by atoms with E-state index >= 15 is 0 Å². The zero-order valence-electron chi connectivity index (χ0n) is 19.9. The molecule has 3 nitrogen and oxygen atoms in total. The summed E-state index contributed by atoms with van der Waals surface area (Å²) < 4.78 is 5.50. The summed E-state index contributed by atoms with van der Waals surface area (Å²) in [7, 11) is -0.302. The van der Waals surface area contributed by atoms with E-state index in [0.717, 1.165) is 28.9 Å². The van der Waals surface area contributed by atoms with Gasteiger partial charge in [-0.05, 0) is 62.4 Å². The topological polar surface area (TPSA) is 34.0 Å². The lowest BCUT2D eigenvalue weighted by Crippen LogP contribution is -2.35. The number of ether oxygens (including phenoxy) is 1. The highest BCUT2D eigenvalue weighted by Crippen LogP contribution is 2.55. The van der Waals surface area contributed by atoms with Crippen molar-refractivity contribution < 1.29 is 4.74 Å². The lowest BCUT2D eigenvalue weighted by atomic mass is 10.1. The number of para-hydroxylation sites is 1. The maximum Gasteiger partial charge on any atom is 0.127 e. The van der Waals surface area contributed by atoms with Crippen molar-refractivity contribution in [2.75, 3.05) is 13.3 Å². The summed E-state index contributed by atoms with van der Waals surface area (Å²) in [5.41, 5.74) is 2.79. The van der Waals surface area contributed by atoms with Crippen molar-refractivity contribution in [1.82, 2.24) is 0 Å². The van der Waals surface area contributed by atoms with E-state index in [1.165, 1.54) is 15.9 Å². The number of benzene rings is 4. The number of hydrogen-bond donors (Lipinski definition) is 0. The van der Waals surface area contributed by atoms with E-state index in [-0.39, 0.29) is 0 Å². The summed E-state index contributed by atoms with van der Waals surface area (Å²) in [6.45, 7) is 4.06. The Labute approximate surface area is 203 Å². The molecule has 0 aliphatic heterocycles. The number of hydrogen-bond acceptors (Lipinski definition) is 3. The van der Waals surface area contributed by atoms with Crippen LogP contribution in [0.5, 0.6) is 5.75 Å². The first-order chi connectivity index (χ1) is 16.6. The second-order valence-electron chi connectivity index (χ2n) is 8.20. The fraction of sp³-hybridized carbons (Fsp3) is 0.133. The van der Waals surface area contributed by atoms with Gasteiger partial charge in [-0.15, -0.1) is 0 Å². The van der Waals surface area contributed by atoms with Gasteiger partial charge in [0.2, 0.25) is 0 Å². The molecule has 170 valence electrons. The van der Waals surface area contributed by atoms with Gasteiger partial charge in [-0.2, -0.15) is 10.2 Å². The van der Waals surface area contributed by atoms with E-state index in [4.69, 9.17) is 9.84 Å². The molecule has 0 aromatic heterocycles. The van der Waals surface area contributed by atoms with Crippen molar-refractivity contribution in [2.45, 2.75) is 13.8 Å². The standard InChI is InChI=1S/C30H30N2OP/c1-24(31-32-25(2)29-21-13-14-22-30(29)33-3)23-34(26-15-7-4-8-16-26,27-17-9-5-10-18-27)28-19-11-6-12-20-28/h4-22H,23H2,1-3H3/q+1. The first-order valence-corrected chi connectivity index (χ1v) is 13.4. The average molecular weight is 466 g/mol. The Kier molecular flexibility index (Phi) is 7.67. The van der Waals surface area contributed by atoms with Gasteiger partial charge in [-0.25, -0.2) is 0 Å². The van der Waals surface area contributed by atoms with Gasteiger partial charge in [0.1, 0.15) is 35.1 Å². The molecule has 0 bridgehead atoms. The highest BCUT2D eigenvalue weighted by molar-refractivity contribution is 7.96. The van der Waals surface area contributed by atoms with Crippen molar-refractivity contribution in [1.29, 1.82) is 0 Å². The van der Waals surface area contributed by atoms with Gasteiger partial charge < -0.3 is 4.74 Å². The van der Waals surface area contributed by atoms with E-state index in [1.54, 1.807) is 7.11 Å². The molecular formula is C30H30N2OP+. The lowest BCUT2D eigenvalue weighted by Gasteiger charge is -2.27. The van der Waals surface area contributed by atoms with Crippen LogP contribution in [0.3, 0.4) is 0 Å². The maximum atomic E-state index is 5.50. The lowest BCUT2D eigenvalue weighted by molar-refractivity contribution is 0.414. The third kappa shape index (κ3) is 5.00. The van der Waals surface area contributed by atoms with E-state index in [2.05, 4.69) is 103 Å². The highest BCUT2D eigenvalue weighted by Gasteiger charge is 2.45. The summed E-state index contributed by atoms with van der Waals surface area (Å²) in [4.78, 5) is 0. The van der Waals surface area contributed by atoms with Gasteiger partial charge in [0, 0.05) is 5.56 Å². The Hall–Kier alpha value is -3.55. The van der Waals surface area contributed by atoms with Crippen LogP contribution in [0.4, 0.5) is 0 Å². The number of rotatable bonds is 8. The summed E-state index contributed by atoms with van der Waals surface area (Å²) in [6, 6.07) is 40.5. The van der Waals surface area contributed by atoms with Crippen molar-refractivity contribution in [3.8, 4) is 5.75 Å². The molecule has 0 saturated heterocycles. The van der Waals surface area contributed by atoms with E-state index < -0.39 is 7.26 Å². The van der Waals surface area contributed by atoms with Gasteiger partial charge in [0.15, 0.2) is 0 Å². The SMILES string of the molecule is COc1ccccc1C(C)=NN=C(C)C[P+](c1ccccc1)(c1ccccc1)c1ccccc1. The Morgan fingerprint density at radius 1 is 0.618 bits per heavy atom. The molecule has 4 rings (SSSR count). The van der Waals surface area contributed by atoms with Crippen molar-refractivity contribution in [3.63, 3.8) is 0 Å². The van der Waals surface area contributed by atoms with Crippen LogP contribution in [0, 0.1) is 0 Å². The van der Waals surface area contributed by atoms with Gasteiger partial charge >= 0.3 is 0 Å². The van der Waals surface area contributed by atoms with Gasteiger partial charge in [0.25, 0.3) is 0 Å². The van der Waals surface area contributed by atoms with Gasteiger partial charge in [0.05, 0.1) is 18.5 Å². The summed E-state index contributed by atoms with van der Waals surface area (Å²) >= 11 is 0. The monoisotopic (exact) mass is 465 g/mol. The molecule has 0 radical (unpaired) electrons. The first kappa shape index (κ1) is 23.6. The molecule has 4 aromatic carbocycles. The summed E-state index contributed by atoms with van der Waals surface area (Å²) in [6.07, 6.45) is 0.813. The summed E-state index contributed by atoms with van der Waals surface area (Å²) in [5, 5.41) is 13.3. The molecule has 0 heterocycles. The second kappa shape index (κ2) is 11.0. The smallest absolute Gasteiger partial charge is 0.127 e. The molecule has 0 N–H and O–H groups in total. The minimum Gasteiger partial charge on any atom is -0.496 e. The molecule has 4 aromatic rings. The molecule has 4 heteroatoms. The minimum atomic E-state index is -1.98. The van der Waals surface area contributed by atoms with E-state index in [0.29, 0.717) is 0 Å². The van der Waals surface area contributed by atoms with Crippen LogP contribution in [0.25, 0.3) is 0 Å². The maximum absolute atomic E-state index is 5.50.